The molecule has 0 spiro atoms. The fourth-order valence-electron chi connectivity index (χ4n) is 2.62. The van der Waals surface area contributed by atoms with Gasteiger partial charge in [-0.3, -0.25) is 9.78 Å². The van der Waals surface area contributed by atoms with Crippen molar-refractivity contribution >= 4 is 17.1 Å². The van der Waals surface area contributed by atoms with Gasteiger partial charge in [0.2, 0.25) is 0 Å². The predicted molar refractivity (Wildman–Crippen MR) is 55.1 cm³/mol. The molecular formula is C11H13NOS. The normalized spacial score (nSPS) is 34.1. The number of ketones is 1. The van der Waals surface area contributed by atoms with Crippen molar-refractivity contribution < 1.29 is 4.79 Å². The fourth-order valence-corrected chi connectivity index (χ4v) is 3.23. The Morgan fingerprint density at radius 1 is 1.43 bits per heavy atom. The highest BCUT2D eigenvalue weighted by Crippen LogP contribution is 2.54. The number of hydrogen-bond donors (Lipinski definition) is 0. The smallest absolute Gasteiger partial charge is 0.141 e. The van der Waals surface area contributed by atoms with E-state index in [0.717, 1.165) is 16.7 Å². The molecule has 2 fully saturated rings. The molecule has 1 aromatic heterocycles. The number of fused-ring (bicyclic) bond motifs is 1. The summed E-state index contributed by atoms with van der Waals surface area (Å²) in [5.74, 6) is 2.64. The molecule has 1 aromatic rings. The summed E-state index contributed by atoms with van der Waals surface area (Å²) in [7, 11) is 0. The van der Waals surface area contributed by atoms with E-state index in [1.807, 2.05) is 6.20 Å². The highest BCUT2D eigenvalue weighted by molar-refractivity contribution is 7.09. The Bertz CT molecular complexity index is 336. The van der Waals surface area contributed by atoms with Crippen molar-refractivity contribution in [1.29, 1.82) is 0 Å². The van der Waals surface area contributed by atoms with E-state index in [-0.39, 0.29) is 0 Å². The topological polar surface area (TPSA) is 30.0 Å². The van der Waals surface area contributed by atoms with E-state index in [0.29, 0.717) is 18.1 Å². The molecule has 3 heteroatoms. The summed E-state index contributed by atoms with van der Waals surface area (Å²) in [4.78, 5) is 17.0. The van der Waals surface area contributed by atoms with Crippen molar-refractivity contribution in [1.82, 2.24) is 4.98 Å². The van der Waals surface area contributed by atoms with Crippen molar-refractivity contribution in [3.63, 3.8) is 0 Å². The third-order valence-corrected chi connectivity index (χ3v) is 4.31. The number of hydrogen-bond acceptors (Lipinski definition) is 3. The van der Waals surface area contributed by atoms with Gasteiger partial charge in [0.25, 0.3) is 0 Å². The van der Waals surface area contributed by atoms with Gasteiger partial charge in [0.15, 0.2) is 0 Å². The fraction of sp³-hybridized carbons (Fsp3) is 0.636. The molecule has 74 valence electrons. The zero-order valence-electron chi connectivity index (χ0n) is 7.98. The second-order valence-electron chi connectivity index (χ2n) is 4.54. The van der Waals surface area contributed by atoms with Crippen LogP contribution in [0.25, 0.3) is 0 Å². The van der Waals surface area contributed by atoms with Gasteiger partial charge >= 0.3 is 0 Å². The molecule has 2 aliphatic carbocycles. The summed E-state index contributed by atoms with van der Waals surface area (Å²) < 4.78 is 0. The minimum atomic E-state index is 0.376. The second kappa shape index (κ2) is 3.16. The highest BCUT2D eigenvalue weighted by atomic mass is 32.1. The van der Waals surface area contributed by atoms with Crippen LogP contribution < -0.4 is 0 Å². The molecule has 3 rings (SSSR count). The number of rotatable bonds is 3. The molecule has 0 N–H and O–H groups in total. The molecule has 0 radical (unpaired) electrons. The number of Topliss-reactive ketones (excluding diaryl/α,β-unsaturated/α-hetero) is 1. The third-order valence-electron chi connectivity index (χ3n) is 3.53. The lowest BCUT2D eigenvalue weighted by atomic mass is 9.96. The summed E-state index contributed by atoms with van der Waals surface area (Å²) in [6.45, 7) is 0. The van der Waals surface area contributed by atoms with Crippen molar-refractivity contribution in [3.05, 3.63) is 16.6 Å². The first kappa shape index (κ1) is 8.60. The SMILES string of the molecule is O=C(Cc1cncs1)C1CC2CC2C1. The Morgan fingerprint density at radius 3 is 2.86 bits per heavy atom. The lowest BCUT2D eigenvalue weighted by molar-refractivity contribution is -0.122. The molecule has 2 saturated carbocycles. The van der Waals surface area contributed by atoms with Crippen LogP contribution in [-0.2, 0) is 11.2 Å². The van der Waals surface area contributed by atoms with Gasteiger partial charge in [0.05, 0.1) is 5.51 Å². The van der Waals surface area contributed by atoms with Crippen molar-refractivity contribution in [3.8, 4) is 0 Å². The van der Waals surface area contributed by atoms with Crippen LogP contribution in [0.4, 0.5) is 0 Å². The summed E-state index contributed by atoms with van der Waals surface area (Å²) in [6, 6.07) is 0. The van der Waals surface area contributed by atoms with Crippen molar-refractivity contribution in [2.45, 2.75) is 25.7 Å². The quantitative estimate of drug-likeness (QED) is 0.761. The van der Waals surface area contributed by atoms with Gasteiger partial charge in [-0.15, -0.1) is 11.3 Å². The molecule has 1 heterocycles. The van der Waals surface area contributed by atoms with E-state index >= 15 is 0 Å². The minimum absolute atomic E-state index is 0.376. The van der Waals surface area contributed by atoms with E-state index in [9.17, 15) is 4.79 Å². The molecule has 2 unspecified atom stereocenters. The number of aromatic nitrogens is 1. The Balaban J connectivity index is 1.60. The van der Waals surface area contributed by atoms with E-state index in [1.165, 1.54) is 19.3 Å². The molecule has 2 aliphatic rings. The Labute approximate surface area is 87.4 Å². The lowest BCUT2D eigenvalue weighted by Gasteiger charge is -2.08. The van der Waals surface area contributed by atoms with Gasteiger partial charge in [-0.25, -0.2) is 0 Å². The van der Waals surface area contributed by atoms with E-state index < -0.39 is 0 Å². The average molecular weight is 207 g/mol. The Hall–Kier alpha value is -0.700. The maximum atomic E-state index is 11.9. The summed E-state index contributed by atoms with van der Waals surface area (Å²) in [5, 5.41) is 0. The van der Waals surface area contributed by atoms with Gasteiger partial charge in [-0.05, 0) is 31.1 Å². The first-order valence-electron chi connectivity index (χ1n) is 5.23. The summed E-state index contributed by atoms with van der Waals surface area (Å²) >= 11 is 1.59. The van der Waals surface area contributed by atoms with Crippen LogP contribution in [0.2, 0.25) is 0 Å². The van der Waals surface area contributed by atoms with Crippen molar-refractivity contribution in [2.24, 2.45) is 17.8 Å². The third kappa shape index (κ3) is 1.50. The van der Waals surface area contributed by atoms with Gasteiger partial charge in [-0.1, -0.05) is 0 Å². The number of carbonyl (C=O) groups excluding carboxylic acids is 1. The van der Waals surface area contributed by atoms with Crippen LogP contribution in [0, 0.1) is 17.8 Å². The molecule has 2 atom stereocenters. The highest BCUT2D eigenvalue weighted by Gasteiger charge is 2.47. The lowest BCUT2D eigenvalue weighted by Crippen LogP contribution is -2.14. The molecule has 14 heavy (non-hydrogen) atoms. The summed E-state index contributed by atoms with van der Waals surface area (Å²) in [6.07, 6.45) is 6.17. The molecule has 2 nitrogen and oxygen atoms in total. The minimum Gasteiger partial charge on any atom is -0.299 e. The molecular weight excluding hydrogens is 194 g/mol. The maximum Gasteiger partial charge on any atom is 0.141 e. The Kier molecular flexibility index (Phi) is 1.94. The Morgan fingerprint density at radius 2 is 2.21 bits per heavy atom. The first-order chi connectivity index (χ1) is 6.83. The standard InChI is InChI=1S/C11H13NOS/c13-11(4-10-5-12-6-14-10)9-2-7-1-8(7)3-9/h5-9H,1-4H2. The molecule has 0 saturated heterocycles. The van der Waals surface area contributed by atoms with E-state index in [4.69, 9.17) is 0 Å². The predicted octanol–water partition coefficient (Wildman–Crippen LogP) is 2.30. The summed E-state index contributed by atoms with van der Waals surface area (Å²) in [5.41, 5.74) is 1.80. The van der Waals surface area contributed by atoms with Gasteiger partial charge in [0.1, 0.15) is 5.78 Å². The van der Waals surface area contributed by atoms with Crippen LogP contribution in [0.15, 0.2) is 11.7 Å². The van der Waals surface area contributed by atoms with Crippen LogP contribution >= 0.6 is 11.3 Å². The first-order valence-corrected chi connectivity index (χ1v) is 6.11. The zero-order chi connectivity index (χ0) is 9.54. The molecule has 0 aliphatic heterocycles. The molecule has 0 aromatic carbocycles. The zero-order valence-corrected chi connectivity index (χ0v) is 8.80. The number of thiazole rings is 1. The van der Waals surface area contributed by atoms with Crippen LogP contribution in [0.3, 0.4) is 0 Å². The second-order valence-corrected chi connectivity index (χ2v) is 5.51. The van der Waals surface area contributed by atoms with E-state index in [1.54, 1.807) is 16.8 Å². The van der Waals surface area contributed by atoms with Gasteiger partial charge in [0, 0.05) is 23.4 Å². The number of carbonyl (C=O) groups is 1. The number of nitrogens with zero attached hydrogens (tertiary/aromatic N) is 1. The largest absolute Gasteiger partial charge is 0.299 e. The average Bonchev–Trinajstić information content (AvgIpc) is 2.68. The van der Waals surface area contributed by atoms with Crippen LogP contribution in [0.5, 0.6) is 0 Å². The van der Waals surface area contributed by atoms with Gasteiger partial charge < -0.3 is 0 Å². The van der Waals surface area contributed by atoms with Gasteiger partial charge in [-0.2, -0.15) is 0 Å². The van der Waals surface area contributed by atoms with Crippen LogP contribution in [-0.4, -0.2) is 10.8 Å². The molecule has 0 bridgehead atoms. The monoisotopic (exact) mass is 207 g/mol. The molecule has 0 amide bonds. The maximum absolute atomic E-state index is 11.9. The van der Waals surface area contributed by atoms with Crippen LogP contribution in [0.1, 0.15) is 24.1 Å². The van der Waals surface area contributed by atoms with E-state index in [2.05, 4.69) is 4.98 Å². The van der Waals surface area contributed by atoms with Crippen molar-refractivity contribution in [2.75, 3.05) is 0 Å².